The van der Waals surface area contributed by atoms with Crippen molar-refractivity contribution >= 4 is 5.97 Å². The Balaban J connectivity index is 2.76. The molecule has 0 aromatic heterocycles. The van der Waals surface area contributed by atoms with Crippen molar-refractivity contribution in [2.45, 2.75) is 20.1 Å². The molecule has 4 nitrogen and oxygen atoms in total. The van der Waals surface area contributed by atoms with Gasteiger partial charge in [0.2, 0.25) is 6.29 Å². The Bertz CT molecular complexity index is 252. The number of allylic oxidation sites excluding steroid dienone is 1. The maximum Gasteiger partial charge on any atom is 0.339 e. The van der Waals surface area contributed by atoms with Gasteiger partial charge in [-0.25, -0.2) is 4.79 Å². The molecule has 0 bridgehead atoms. The van der Waals surface area contributed by atoms with Gasteiger partial charge < -0.3 is 14.6 Å². The predicted octanol–water partition coefficient (Wildman–Crippen LogP) is 1.25. The first kappa shape index (κ1) is 8.64. The number of rotatable bonds is 2. The van der Waals surface area contributed by atoms with Gasteiger partial charge in [-0.3, -0.25) is 0 Å². The summed E-state index contributed by atoms with van der Waals surface area (Å²) in [4.78, 5) is 10.6. The van der Waals surface area contributed by atoms with Crippen molar-refractivity contribution in [3.63, 3.8) is 0 Å². The van der Waals surface area contributed by atoms with Crippen LogP contribution in [-0.4, -0.2) is 17.4 Å². The van der Waals surface area contributed by atoms with E-state index in [4.69, 9.17) is 14.6 Å². The largest absolute Gasteiger partial charge is 0.478 e. The van der Waals surface area contributed by atoms with E-state index in [0.29, 0.717) is 0 Å². The van der Waals surface area contributed by atoms with Crippen LogP contribution in [0.15, 0.2) is 23.7 Å². The van der Waals surface area contributed by atoms with Gasteiger partial charge in [0.25, 0.3) is 0 Å². The standard InChI is InChI=1S/C8H10O4/c1-3-6(8(9)10)7-4-11-5(2)12-7/h3-5H,1-2H3,(H,9,10)/b6-3+. The number of hydrogen-bond acceptors (Lipinski definition) is 3. The Labute approximate surface area is 70.1 Å². The van der Waals surface area contributed by atoms with E-state index in [0.717, 1.165) is 0 Å². The number of carbonyl (C=O) groups is 1. The summed E-state index contributed by atoms with van der Waals surface area (Å²) in [6, 6.07) is 0. The van der Waals surface area contributed by atoms with E-state index in [1.807, 2.05) is 0 Å². The van der Waals surface area contributed by atoms with Gasteiger partial charge in [-0.2, -0.15) is 0 Å². The summed E-state index contributed by atoms with van der Waals surface area (Å²) in [6.45, 7) is 3.33. The molecular weight excluding hydrogens is 160 g/mol. The number of aliphatic carboxylic acids is 1. The lowest BCUT2D eigenvalue weighted by molar-refractivity contribution is -0.132. The van der Waals surface area contributed by atoms with Crippen LogP contribution in [0.3, 0.4) is 0 Å². The van der Waals surface area contributed by atoms with Crippen LogP contribution in [0.5, 0.6) is 0 Å². The fraction of sp³-hybridized carbons (Fsp3) is 0.375. The first-order valence-corrected chi connectivity index (χ1v) is 3.57. The molecular formula is C8H10O4. The third-order valence-corrected chi connectivity index (χ3v) is 1.44. The second-order valence-electron chi connectivity index (χ2n) is 2.31. The highest BCUT2D eigenvalue weighted by molar-refractivity contribution is 5.90. The average molecular weight is 170 g/mol. The highest BCUT2D eigenvalue weighted by Crippen LogP contribution is 2.20. The van der Waals surface area contributed by atoms with Crippen LogP contribution in [-0.2, 0) is 14.3 Å². The van der Waals surface area contributed by atoms with Gasteiger partial charge in [0.05, 0.1) is 0 Å². The fourth-order valence-electron chi connectivity index (χ4n) is 0.890. The smallest absolute Gasteiger partial charge is 0.339 e. The first-order valence-electron chi connectivity index (χ1n) is 3.57. The van der Waals surface area contributed by atoms with Gasteiger partial charge in [0.15, 0.2) is 5.76 Å². The van der Waals surface area contributed by atoms with Gasteiger partial charge in [-0.05, 0) is 6.92 Å². The molecule has 1 atom stereocenters. The van der Waals surface area contributed by atoms with Crippen LogP contribution < -0.4 is 0 Å². The van der Waals surface area contributed by atoms with E-state index >= 15 is 0 Å². The maximum atomic E-state index is 10.6. The molecule has 0 aromatic carbocycles. The van der Waals surface area contributed by atoms with Crippen molar-refractivity contribution in [2.24, 2.45) is 0 Å². The molecule has 1 aliphatic heterocycles. The lowest BCUT2D eigenvalue weighted by Crippen LogP contribution is -2.07. The van der Waals surface area contributed by atoms with Crippen molar-refractivity contribution in [3.05, 3.63) is 23.7 Å². The Kier molecular flexibility index (Phi) is 2.38. The van der Waals surface area contributed by atoms with Gasteiger partial charge in [-0.15, -0.1) is 0 Å². The lowest BCUT2D eigenvalue weighted by Gasteiger charge is -2.05. The Morgan fingerprint density at radius 2 is 2.42 bits per heavy atom. The molecule has 1 unspecified atom stereocenters. The Morgan fingerprint density at radius 1 is 1.75 bits per heavy atom. The summed E-state index contributed by atoms with van der Waals surface area (Å²) >= 11 is 0. The molecule has 1 rings (SSSR count). The van der Waals surface area contributed by atoms with Gasteiger partial charge in [0, 0.05) is 6.92 Å². The molecule has 12 heavy (non-hydrogen) atoms. The number of carboxylic acid groups (broad SMARTS) is 1. The molecule has 0 fully saturated rings. The SMILES string of the molecule is C/C=C(/C(=O)O)C1=COC(C)O1. The molecule has 0 aliphatic carbocycles. The highest BCUT2D eigenvalue weighted by Gasteiger charge is 2.21. The van der Waals surface area contributed by atoms with E-state index in [1.165, 1.54) is 12.3 Å². The molecule has 4 heteroatoms. The minimum Gasteiger partial charge on any atom is -0.478 e. The molecule has 0 amide bonds. The molecule has 0 saturated heterocycles. The monoisotopic (exact) mass is 170 g/mol. The number of hydrogen-bond donors (Lipinski definition) is 1. The molecule has 1 heterocycles. The van der Waals surface area contributed by atoms with Gasteiger partial charge >= 0.3 is 5.97 Å². The molecule has 0 radical (unpaired) electrons. The number of carboxylic acids is 1. The normalized spacial score (nSPS) is 22.7. The number of ether oxygens (including phenoxy) is 2. The predicted molar refractivity (Wildman–Crippen MR) is 41.1 cm³/mol. The van der Waals surface area contributed by atoms with Crippen molar-refractivity contribution in [3.8, 4) is 0 Å². The van der Waals surface area contributed by atoms with Crippen LogP contribution in [0.4, 0.5) is 0 Å². The molecule has 1 aliphatic rings. The van der Waals surface area contributed by atoms with Crippen molar-refractivity contribution in [2.75, 3.05) is 0 Å². The van der Waals surface area contributed by atoms with Crippen LogP contribution in [0, 0.1) is 0 Å². The van der Waals surface area contributed by atoms with Crippen molar-refractivity contribution in [1.29, 1.82) is 0 Å². The van der Waals surface area contributed by atoms with E-state index in [2.05, 4.69) is 0 Å². The van der Waals surface area contributed by atoms with Crippen LogP contribution in [0.2, 0.25) is 0 Å². The minimum absolute atomic E-state index is 0.124. The minimum atomic E-state index is -1.01. The topological polar surface area (TPSA) is 55.8 Å². The summed E-state index contributed by atoms with van der Waals surface area (Å²) in [5.74, 6) is -0.737. The second-order valence-corrected chi connectivity index (χ2v) is 2.31. The Morgan fingerprint density at radius 3 is 2.75 bits per heavy atom. The van der Waals surface area contributed by atoms with E-state index in [1.54, 1.807) is 13.8 Å². The van der Waals surface area contributed by atoms with Gasteiger partial charge in [0.1, 0.15) is 11.8 Å². The summed E-state index contributed by atoms with van der Waals surface area (Å²) in [5.41, 5.74) is 0.124. The molecule has 0 spiro atoms. The maximum absolute atomic E-state index is 10.6. The fourth-order valence-corrected chi connectivity index (χ4v) is 0.890. The average Bonchev–Trinajstić information content (AvgIpc) is 2.37. The van der Waals surface area contributed by atoms with Crippen LogP contribution in [0.25, 0.3) is 0 Å². The lowest BCUT2D eigenvalue weighted by atomic mass is 10.2. The molecule has 1 N–H and O–H groups in total. The summed E-state index contributed by atoms with van der Waals surface area (Å²) in [5, 5.41) is 8.68. The summed E-state index contributed by atoms with van der Waals surface area (Å²) in [7, 11) is 0. The summed E-state index contributed by atoms with van der Waals surface area (Å²) in [6.07, 6.45) is 2.39. The first-order chi connectivity index (χ1) is 5.65. The summed E-state index contributed by atoms with van der Waals surface area (Å²) < 4.78 is 9.98. The zero-order valence-corrected chi connectivity index (χ0v) is 6.90. The molecule has 66 valence electrons. The van der Waals surface area contributed by atoms with Crippen LogP contribution >= 0.6 is 0 Å². The van der Waals surface area contributed by atoms with E-state index < -0.39 is 12.3 Å². The Hall–Kier alpha value is -1.45. The van der Waals surface area contributed by atoms with E-state index in [-0.39, 0.29) is 11.3 Å². The van der Waals surface area contributed by atoms with E-state index in [9.17, 15) is 4.79 Å². The molecule has 0 aromatic rings. The quantitative estimate of drug-likeness (QED) is 0.633. The zero-order valence-electron chi connectivity index (χ0n) is 6.90. The van der Waals surface area contributed by atoms with Crippen molar-refractivity contribution in [1.82, 2.24) is 0 Å². The van der Waals surface area contributed by atoms with Gasteiger partial charge in [-0.1, -0.05) is 6.08 Å². The zero-order chi connectivity index (χ0) is 9.14. The molecule has 0 saturated carbocycles. The van der Waals surface area contributed by atoms with Crippen molar-refractivity contribution < 1.29 is 19.4 Å². The van der Waals surface area contributed by atoms with Crippen LogP contribution in [0.1, 0.15) is 13.8 Å². The third kappa shape index (κ3) is 1.58. The second kappa shape index (κ2) is 3.30. The highest BCUT2D eigenvalue weighted by atomic mass is 16.7. The third-order valence-electron chi connectivity index (χ3n) is 1.44.